The van der Waals surface area contributed by atoms with Crippen LogP contribution in [0.2, 0.25) is 5.02 Å². The van der Waals surface area contributed by atoms with E-state index >= 15 is 0 Å². The molecule has 1 rings (SSSR count). The molecule has 0 bridgehead atoms. The van der Waals surface area contributed by atoms with Crippen molar-refractivity contribution < 1.29 is 9.53 Å². The zero-order valence-corrected chi connectivity index (χ0v) is 11.1. The molecule has 0 heterocycles. The number of esters is 1. The molecule has 0 saturated carbocycles. The maximum Gasteiger partial charge on any atom is 0.322 e. The van der Waals surface area contributed by atoms with Crippen molar-refractivity contribution in [2.45, 2.75) is 32.4 Å². The summed E-state index contributed by atoms with van der Waals surface area (Å²) < 4.78 is 4.74. The van der Waals surface area contributed by atoms with Gasteiger partial charge in [-0.1, -0.05) is 36.7 Å². The van der Waals surface area contributed by atoms with Crippen LogP contribution in [-0.4, -0.2) is 19.1 Å². The van der Waals surface area contributed by atoms with Crippen molar-refractivity contribution in [2.24, 2.45) is 0 Å². The molecule has 1 aromatic carbocycles. The maximum atomic E-state index is 11.5. The zero-order valence-electron chi connectivity index (χ0n) is 10.4. The second-order valence-corrected chi connectivity index (χ2v) is 4.30. The minimum Gasteiger partial charge on any atom is -0.468 e. The number of ether oxygens (including phenoxy) is 1. The third-order valence-corrected chi connectivity index (χ3v) is 3.06. The zero-order chi connectivity index (χ0) is 12.8. The molecule has 2 atom stereocenters. The molecule has 0 aromatic heterocycles. The summed E-state index contributed by atoms with van der Waals surface area (Å²) in [6.45, 7) is 3.92. The Labute approximate surface area is 107 Å². The third kappa shape index (κ3) is 3.72. The topological polar surface area (TPSA) is 38.3 Å². The van der Waals surface area contributed by atoms with Crippen molar-refractivity contribution in [1.82, 2.24) is 5.32 Å². The molecule has 0 amide bonds. The first-order chi connectivity index (χ1) is 8.10. The number of methoxy groups -OCH3 is 1. The minimum absolute atomic E-state index is 0.00718. The summed E-state index contributed by atoms with van der Waals surface area (Å²) >= 11 is 6.10. The predicted octanol–water partition coefficient (Wildman–Crippen LogP) is 2.94. The van der Waals surface area contributed by atoms with Gasteiger partial charge >= 0.3 is 5.97 Å². The van der Waals surface area contributed by atoms with Crippen LogP contribution in [0.4, 0.5) is 0 Å². The van der Waals surface area contributed by atoms with Gasteiger partial charge in [-0.25, -0.2) is 0 Å². The van der Waals surface area contributed by atoms with E-state index < -0.39 is 0 Å². The van der Waals surface area contributed by atoms with E-state index in [1.807, 2.05) is 38.1 Å². The first-order valence-corrected chi connectivity index (χ1v) is 6.06. The molecule has 3 nitrogen and oxygen atoms in total. The molecular formula is C13H18ClNO2. The highest BCUT2D eigenvalue weighted by molar-refractivity contribution is 6.31. The van der Waals surface area contributed by atoms with E-state index in [0.29, 0.717) is 11.4 Å². The lowest BCUT2D eigenvalue weighted by atomic mass is 10.1. The quantitative estimate of drug-likeness (QED) is 0.822. The summed E-state index contributed by atoms with van der Waals surface area (Å²) in [7, 11) is 1.40. The lowest BCUT2D eigenvalue weighted by Crippen LogP contribution is -2.38. The molecule has 0 radical (unpaired) electrons. The lowest BCUT2D eigenvalue weighted by Gasteiger charge is -2.21. The number of rotatable bonds is 5. The molecule has 1 aromatic rings. The maximum absolute atomic E-state index is 11.5. The van der Waals surface area contributed by atoms with E-state index in [-0.39, 0.29) is 18.1 Å². The van der Waals surface area contributed by atoms with E-state index in [4.69, 9.17) is 16.3 Å². The fourth-order valence-corrected chi connectivity index (χ4v) is 2.01. The summed E-state index contributed by atoms with van der Waals surface area (Å²) in [6.07, 6.45) is 0.682. The largest absolute Gasteiger partial charge is 0.468 e. The van der Waals surface area contributed by atoms with E-state index in [2.05, 4.69) is 5.32 Å². The molecular weight excluding hydrogens is 238 g/mol. The number of carbonyl (C=O) groups excluding carboxylic acids is 1. The Kier molecular flexibility index (Phi) is 5.45. The van der Waals surface area contributed by atoms with E-state index in [9.17, 15) is 4.79 Å². The second kappa shape index (κ2) is 6.62. The number of halogens is 1. The molecule has 17 heavy (non-hydrogen) atoms. The van der Waals surface area contributed by atoms with Crippen molar-refractivity contribution in [1.29, 1.82) is 0 Å². The van der Waals surface area contributed by atoms with E-state index in [0.717, 1.165) is 5.56 Å². The highest BCUT2D eigenvalue weighted by atomic mass is 35.5. The molecule has 4 heteroatoms. The summed E-state index contributed by atoms with van der Waals surface area (Å²) in [5.41, 5.74) is 0.983. The van der Waals surface area contributed by atoms with Gasteiger partial charge in [0.25, 0.3) is 0 Å². The molecule has 0 fully saturated rings. The van der Waals surface area contributed by atoms with Crippen LogP contribution in [0.25, 0.3) is 0 Å². The number of hydrogen-bond donors (Lipinski definition) is 1. The van der Waals surface area contributed by atoms with Gasteiger partial charge in [-0.05, 0) is 25.0 Å². The monoisotopic (exact) mass is 255 g/mol. The van der Waals surface area contributed by atoms with Gasteiger partial charge in [0.15, 0.2) is 0 Å². The van der Waals surface area contributed by atoms with Gasteiger partial charge in [0.05, 0.1) is 7.11 Å². The fourth-order valence-electron chi connectivity index (χ4n) is 1.71. The van der Waals surface area contributed by atoms with Crippen molar-refractivity contribution in [2.75, 3.05) is 7.11 Å². The molecule has 0 spiro atoms. The van der Waals surface area contributed by atoms with Crippen LogP contribution in [0.15, 0.2) is 24.3 Å². The molecule has 0 aliphatic heterocycles. The normalized spacial score (nSPS) is 14.1. The van der Waals surface area contributed by atoms with Crippen LogP contribution >= 0.6 is 11.6 Å². The molecule has 1 unspecified atom stereocenters. The van der Waals surface area contributed by atoms with Gasteiger partial charge in [-0.2, -0.15) is 0 Å². The lowest BCUT2D eigenvalue weighted by molar-refractivity contribution is -0.143. The van der Waals surface area contributed by atoms with Crippen molar-refractivity contribution in [3.05, 3.63) is 34.9 Å². The van der Waals surface area contributed by atoms with Gasteiger partial charge in [0.2, 0.25) is 0 Å². The minimum atomic E-state index is -0.300. The molecule has 0 aliphatic rings. The fraction of sp³-hybridized carbons (Fsp3) is 0.462. The summed E-state index contributed by atoms with van der Waals surface area (Å²) in [5.74, 6) is -0.244. The summed E-state index contributed by atoms with van der Waals surface area (Å²) in [4.78, 5) is 11.5. The molecule has 0 aliphatic carbocycles. The van der Waals surface area contributed by atoms with Gasteiger partial charge in [-0.15, -0.1) is 0 Å². The molecule has 1 N–H and O–H groups in total. The number of nitrogens with one attached hydrogen (secondary N) is 1. The highest BCUT2D eigenvalue weighted by Gasteiger charge is 2.20. The van der Waals surface area contributed by atoms with Crippen molar-refractivity contribution in [3.8, 4) is 0 Å². The van der Waals surface area contributed by atoms with Gasteiger partial charge in [0.1, 0.15) is 6.04 Å². The van der Waals surface area contributed by atoms with Crippen LogP contribution in [0, 0.1) is 0 Å². The average molecular weight is 256 g/mol. The summed E-state index contributed by atoms with van der Waals surface area (Å²) in [6, 6.07) is 7.31. The van der Waals surface area contributed by atoms with E-state index in [1.165, 1.54) is 7.11 Å². The second-order valence-electron chi connectivity index (χ2n) is 3.89. The Hall–Kier alpha value is -1.06. The molecule has 0 saturated heterocycles. The third-order valence-electron chi connectivity index (χ3n) is 2.72. The van der Waals surface area contributed by atoms with Gasteiger partial charge < -0.3 is 4.74 Å². The van der Waals surface area contributed by atoms with Crippen LogP contribution < -0.4 is 5.32 Å². The van der Waals surface area contributed by atoms with Gasteiger partial charge in [0, 0.05) is 11.1 Å². The van der Waals surface area contributed by atoms with Gasteiger partial charge in [-0.3, -0.25) is 10.1 Å². The smallest absolute Gasteiger partial charge is 0.322 e. The van der Waals surface area contributed by atoms with Crippen LogP contribution in [0.3, 0.4) is 0 Å². The van der Waals surface area contributed by atoms with Crippen molar-refractivity contribution in [3.63, 3.8) is 0 Å². The standard InChI is InChI=1S/C13H18ClNO2/c1-4-12(13(16)17-3)15-9(2)10-7-5-6-8-11(10)14/h5-9,12,15H,4H2,1-3H3/t9-,12?/m0/s1. The van der Waals surface area contributed by atoms with Crippen LogP contribution in [-0.2, 0) is 9.53 Å². The summed E-state index contributed by atoms with van der Waals surface area (Å²) in [5, 5.41) is 3.92. The Morgan fingerprint density at radius 2 is 2.12 bits per heavy atom. The Morgan fingerprint density at radius 3 is 2.65 bits per heavy atom. The number of carbonyl (C=O) groups is 1. The Morgan fingerprint density at radius 1 is 1.47 bits per heavy atom. The SMILES string of the molecule is CCC(N[C@@H](C)c1ccccc1Cl)C(=O)OC. The number of hydrogen-bond acceptors (Lipinski definition) is 3. The number of benzene rings is 1. The van der Waals surface area contributed by atoms with Crippen LogP contribution in [0.5, 0.6) is 0 Å². The Bertz CT molecular complexity index is 381. The van der Waals surface area contributed by atoms with E-state index in [1.54, 1.807) is 0 Å². The van der Waals surface area contributed by atoms with Crippen LogP contribution in [0.1, 0.15) is 31.9 Å². The molecule has 94 valence electrons. The van der Waals surface area contributed by atoms with Crippen molar-refractivity contribution >= 4 is 17.6 Å². The first-order valence-electron chi connectivity index (χ1n) is 5.68. The first kappa shape index (κ1) is 14.0. The predicted molar refractivity (Wildman–Crippen MR) is 69.1 cm³/mol. The average Bonchev–Trinajstić information content (AvgIpc) is 2.35. The Balaban J connectivity index is 2.74. The highest BCUT2D eigenvalue weighted by Crippen LogP contribution is 2.22.